The molecule has 19 heavy (non-hydrogen) atoms. The highest BCUT2D eigenvalue weighted by Crippen LogP contribution is 2.33. The average Bonchev–Trinajstić information content (AvgIpc) is 2.36. The van der Waals surface area contributed by atoms with Gasteiger partial charge in [-0.2, -0.15) is 23.7 Å². The second kappa shape index (κ2) is 5.62. The van der Waals surface area contributed by atoms with Crippen molar-refractivity contribution in [2.45, 2.75) is 13.1 Å². The second-order valence-corrected chi connectivity index (χ2v) is 4.25. The number of rotatable bonds is 3. The summed E-state index contributed by atoms with van der Waals surface area (Å²) in [5, 5.41) is 17.5. The van der Waals surface area contributed by atoms with Crippen LogP contribution in [0.15, 0.2) is 18.2 Å². The molecule has 0 fully saturated rings. The van der Waals surface area contributed by atoms with E-state index in [1.165, 1.54) is 12.1 Å². The Bertz CT molecular complexity index is 538. The lowest BCUT2D eigenvalue weighted by atomic mass is 10.1. The normalized spacial score (nSPS) is 12.4. The van der Waals surface area contributed by atoms with Crippen LogP contribution in [-0.4, -0.2) is 13.6 Å². The maximum absolute atomic E-state index is 12.6. The van der Waals surface area contributed by atoms with Gasteiger partial charge < -0.3 is 4.90 Å². The summed E-state index contributed by atoms with van der Waals surface area (Å²) >= 11 is 0. The number of alkyl halides is 3. The van der Waals surface area contributed by atoms with Gasteiger partial charge in [0.1, 0.15) is 0 Å². The predicted octanol–water partition coefficient (Wildman–Crippen LogP) is 3.17. The van der Waals surface area contributed by atoms with E-state index in [4.69, 9.17) is 10.5 Å². The molecule has 0 aromatic heterocycles. The molecule has 6 heteroatoms. The van der Waals surface area contributed by atoms with Crippen molar-refractivity contribution >= 4 is 5.69 Å². The van der Waals surface area contributed by atoms with E-state index in [0.717, 1.165) is 6.07 Å². The molecule has 0 aliphatic rings. The molecule has 1 atom stereocenters. The highest BCUT2D eigenvalue weighted by atomic mass is 19.4. The van der Waals surface area contributed by atoms with E-state index in [0.29, 0.717) is 12.2 Å². The minimum atomic E-state index is -4.54. The summed E-state index contributed by atoms with van der Waals surface area (Å²) in [6, 6.07) is 6.97. The summed E-state index contributed by atoms with van der Waals surface area (Å²) < 4.78 is 37.9. The first-order chi connectivity index (χ1) is 8.79. The maximum atomic E-state index is 12.6. The zero-order chi connectivity index (χ0) is 14.6. The van der Waals surface area contributed by atoms with Crippen LogP contribution in [0.25, 0.3) is 0 Å². The Hall–Kier alpha value is -2.21. The molecule has 3 nitrogen and oxygen atoms in total. The van der Waals surface area contributed by atoms with E-state index in [9.17, 15) is 13.2 Å². The van der Waals surface area contributed by atoms with Crippen molar-refractivity contribution in [2.24, 2.45) is 5.92 Å². The van der Waals surface area contributed by atoms with Crippen LogP contribution in [0.3, 0.4) is 0 Å². The van der Waals surface area contributed by atoms with Gasteiger partial charge >= 0.3 is 6.18 Å². The minimum Gasteiger partial charge on any atom is -0.373 e. The first kappa shape index (κ1) is 14.8. The van der Waals surface area contributed by atoms with Gasteiger partial charge in [-0.3, -0.25) is 0 Å². The Kier molecular flexibility index (Phi) is 4.39. The quantitative estimate of drug-likeness (QED) is 0.845. The van der Waals surface area contributed by atoms with Gasteiger partial charge in [0.15, 0.2) is 0 Å². The van der Waals surface area contributed by atoms with Crippen LogP contribution in [-0.2, 0) is 6.18 Å². The van der Waals surface area contributed by atoms with Crippen LogP contribution in [0.5, 0.6) is 0 Å². The van der Waals surface area contributed by atoms with Crippen LogP contribution in [0.2, 0.25) is 0 Å². The Balaban J connectivity index is 3.09. The number of nitrogens with zero attached hydrogens (tertiary/aromatic N) is 3. The fourth-order valence-corrected chi connectivity index (χ4v) is 1.67. The summed E-state index contributed by atoms with van der Waals surface area (Å²) in [5.74, 6) is -0.252. The lowest BCUT2D eigenvalue weighted by Gasteiger charge is -2.21. The number of hydrogen-bond donors (Lipinski definition) is 0. The molecule has 100 valence electrons. The number of hydrogen-bond acceptors (Lipinski definition) is 3. The van der Waals surface area contributed by atoms with E-state index in [2.05, 4.69) is 0 Å². The van der Waals surface area contributed by atoms with Gasteiger partial charge in [0, 0.05) is 19.3 Å². The van der Waals surface area contributed by atoms with Crippen molar-refractivity contribution < 1.29 is 13.2 Å². The molecular formula is C13H12F3N3. The number of anilines is 1. The summed E-state index contributed by atoms with van der Waals surface area (Å²) in [4.78, 5) is 1.65. The highest BCUT2D eigenvalue weighted by molar-refractivity contribution is 5.55. The van der Waals surface area contributed by atoms with Gasteiger partial charge in [-0.25, -0.2) is 0 Å². The monoisotopic (exact) mass is 267 g/mol. The van der Waals surface area contributed by atoms with Crippen LogP contribution in [0, 0.1) is 28.6 Å². The third-order valence-corrected chi connectivity index (χ3v) is 2.64. The maximum Gasteiger partial charge on any atom is 0.417 e. The minimum absolute atomic E-state index is 0.252. The molecule has 1 unspecified atom stereocenters. The largest absolute Gasteiger partial charge is 0.417 e. The lowest BCUT2D eigenvalue weighted by molar-refractivity contribution is -0.137. The number of benzene rings is 1. The topological polar surface area (TPSA) is 50.8 Å². The molecule has 1 aromatic rings. The van der Waals surface area contributed by atoms with Gasteiger partial charge in [-0.15, -0.1) is 0 Å². The Morgan fingerprint density at radius 3 is 2.42 bits per heavy atom. The van der Waals surface area contributed by atoms with Gasteiger partial charge in [0.05, 0.1) is 29.2 Å². The molecule has 0 aliphatic heterocycles. The summed E-state index contributed by atoms with van der Waals surface area (Å²) in [6.45, 7) is 2.10. The zero-order valence-corrected chi connectivity index (χ0v) is 10.5. The molecule has 1 aromatic carbocycles. The summed E-state index contributed by atoms with van der Waals surface area (Å²) in [7, 11) is 1.66. The first-order valence-electron chi connectivity index (χ1n) is 5.51. The molecule has 1 rings (SSSR count). The molecule has 0 radical (unpaired) electrons. The van der Waals surface area contributed by atoms with Crippen LogP contribution in [0.4, 0.5) is 18.9 Å². The standard InChI is InChI=1S/C13H12F3N3/c1-9(6-17)8-19(2)11-3-4-12(13(14,15)16)10(5-11)7-18/h3-5,9H,8H2,1-2H3. The van der Waals surface area contributed by atoms with E-state index in [1.807, 2.05) is 6.07 Å². The molecule has 0 saturated heterocycles. The van der Waals surface area contributed by atoms with Crippen LogP contribution >= 0.6 is 0 Å². The first-order valence-corrected chi connectivity index (χ1v) is 5.51. The van der Waals surface area contributed by atoms with Gasteiger partial charge in [0.2, 0.25) is 0 Å². The SMILES string of the molecule is CC(C#N)CN(C)c1ccc(C(F)(F)F)c(C#N)c1. The molecule has 0 bridgehead atoms. The third-order valence-electron chi connectivity index (χ3n) is 2.64. The molecule has 0 heterocycles. The molecule has 0 spiro atoms. The fourth-order valence-electron chi connectivity index (χ4n) is 1.67. The van der Waals surface area contributed by atoms with Crippen molar-refractivity contribution in [1.29, 1.82) is 10.5 Å². The van der Waals surface area contributed by atoms with Crippen LogP contribution in [0.1, 0.15) is 18.1 Å². The van der Waals surface area contributed by atoms with Crippen molar-refractivity contribution in [1.82, 2.24) is 0 Å². The molecule has 0 amide bonds. The van der Waals surface area contributed by atoms with E-state index in [-0.39, 0.29) is 5.92 Å². The van der Waals surface area contributed by atoms with Gasteiger partial charge in [-0.1, -0.05) is 0 Å². The Labute approximate surface area is 109 Å². The van der Waals surface area contributed by atoms with Crippen LogP contribution < -0.4 is 4.90 Å². The second-order valence-electron chi connectivity index (χ2n) is 4.25. The highest BCUT2D eigenvalue weighted by Gasteiger charge is 2.33. The zero-order valence-electron chi connectivity index (χ0n) is 10.5. The Morgan fingerprint density at radius 1 is 1.32 bits per heavy atom. The van der Waals surface area contributed by atoms with E-state index in [1.54, 1.807) is 24.9 Å². The lowest BCUT2D eigenvalue weighted by Crippen LogP contribution is -2.23. The molecule has 0 aliphatic carbocycles. The number of nitriles is 2. The van der Waals surface area contributed by atoms with Crippen molar-refractivity contribution in [3.05, 3.63) is 29.3 Å². The Morgan fingerprint density at radius 2 is 1.95 bits per heavy atom. The van der Waals surface area contributed by atoms with Crippen molar-refractivity contribution in [2.75, 3.05) is 18.5 Å². The summed E-state index contributed by atoms with van der Waals surface area (Å²) in [6.07, 6.45) is -4.54. The van der Waals surface area contributed by atoms with Crippen molar-refractivity contribution in [3.63, 3.8) is 0 Å². The molecule has 0 saturated carbocycles. The smallest absolute Gasteiger partial charge is 0.373 e. The average molecular weight is 267 g/mol. The fraction of sp³-hybridized carbons (Fsp3) is 0.385. The molecular weight excluding hydrogens is 255 g/mol. The number of halogens is 3. The molecule has 0 N–H and O–H groups in total. The van der Waals surface area contributed by atoms with Gasteiger partial charge in [-0.05, 0) is 25.1 Å². The predicted molar refractivity (Wildman–Crippen MR) is 64.2 cm³/mol. The van der Waals surface area contributed by atoms with Crippen molar-refractivity contribution in [3.8, 4) is 12.1 Å². The van der Waals surface area contributed by atoms with E-state index < -0.39 is 17.3 Å². The van der Waals surface area contributed by atoms with Gasteiger partial charge in [0.25, 0.3) is 0 Å². The third kappa shape index (κ3) is 3.62. The van der Waals surface area contributed by atoms with E-state index >= 15 is 0 Å². The summed E-state index contributed by atoms with van der Waals surface area (Å²) in [5.41, 5.74) is -0.881.